The van der Waals surface area contributed by atoms with Crippen LogP contribution in [0.15, 0.2) is 33.4 Å². The molecule has 0 bridgehead atoms. The minimum atomic E-state index is 0.116. The summed E-state index contributed by atoms with van der Waals surface area (Å²) in [4.78, 5) is 2.62. The third-order valence-electron chi connectivity index (χ3n) is 2.57. The summed E-state index contributed by atoms with van der Waals surface area (Å²) in [7, 11) is 0. The quantitative estimate of drug-likeness (QED) is 0.709. The highest BCUT2D eigenvalue weighted by Crippen LogP contribution is 2.34. The SMILES string of the molecule is NC(Cc1ccc(Br)s1)c1cc2sccc2s1. The van der Waals surface area contributed by atoms with E-state index >= 15 is 0 Å². The van der Waals surface area contributed by atoms with E-state index in [0.29, 0.717) is 0 Å². The topological polar surface area (TPSA) is 26.0 Å². The Morgan fingerprint density at radius 3 is 2.76 bits per heavy atom. The first-order valence-electron chi connectivity index (χ1n) is 5.19. The molecule has 0 aliphatic rings. The zero-order valence-corrected chi connectivity index (χ0v) is 12.9. The van der Waals surface area contributed by atoms with Gasteiger partial charge < -0.3 is 5.73 Å². The van der Waals surface area contributed by atoms with Crippen LogP contribution >= 0.6 is 49.9 Å². The van der Waals surface area contributed by atoms with E-state index in [1.165, 1.54) is 22.9 Å². The Bertz CT molecular complexity index is 608. The van der Waals surface area contributed by atoms with Crippen LogP contribution < -0.4 is 5.73 Å². The van der Waals surface area contributed by atoms with Crippen molar-refractivity contribution < 1.29 is 0 Å². The Kier molecular flexibility index (Phi) is 3.36. The largest absolute Gasteiger partial charge is 0.323 e. The standard InChI is InChI=1S/C12H10BrNS3/c13-12-2-1-7(16-12)5-8(14)10-6-11-9(17-10)3-4-15-11/h1-4,6,8H,5,14H2. The molecule has 3 aromatic heterocycles. The van der Waals surface area contributed by atoms with E-state index in [9.17, 15) is 0 Å². The molecule has 0 spiro atoms. The third-order valence-corrected chi connectivity index (χ3v) is 6.45. The van der Waals surface area contributed by atoms with E-state index < -0.39 is 0 Å². The summed E-state index contributed by atoms with van der Waals surface area (Å²) in [5.41, 5.74) is 6.27. The molecule has 17 heavy (non-hydrogen) atoms. The zero-order valence-electron chi connectivity index (χ0n) is 8.85. The van der Waals surface area contributed by atoms with Crippen LogP contribution in [0.3, 0.4) is 0 Å². The van der Waals surface area contributed by atoms with Crippen LogP contribution in [-0.2, 0) is 6.42 Å². The van der Waals surface area contributed by atoms with E-state index in [1.54, 1.807) is 22.7 Å². The second-order valence-corrected chi connectivity index (χ2v) is 8.42. The molecule has 0 fully saturated rings. The summed E-state index contributed by atoms with van der Waals surface area (Å²) in [5.74, 6) is 0. The minimum absolute atomic E-state index is 0.116. The molecule has 3 heterocycles. The van der Waals surface area contributed by atoms with E-state index in [2.05, 4.69) is 45.6 Å². The molecule has 2 N–H and O–H groups in total. The maximum atomic E-state index is 6.27. The molecule has 0 aromatic carbocycles. The molecule has 88 valence electrons. The summed E-state index contributed by atoms with van der Waals surface area (Å²) < 4.78 is 3.88. The van der Waals surface area contributed by atoms with Gasteiger partial charge in [0, 0.05) is 31.6 Å². The molecule has 0 aliphatic heterocycles. The predicted molar refractivity (Wildman–Crippen MR) is 82.4 cm³/mol. The average molecular weight is 344 g/mol. The number of hydrogen-bond acceptors (Lipinski definition) is 4. The first kappa shape index (κ1) is 11.9. The van der Waals surface area contributed by atoms with Crippen LogP contribution in [0.1, 0.15) is 15.8 Å². The maximum Gasteiger partial charge on any atom is 0.0701 e. The van der Waals surface area contributed by atoms with Crippen molar-refractivity contribution in [2.45, 2.75) is 12.5 Å². The van der Waals surface area contributed by atoms with Gasteiger partial charge in [0.15, 0.2) is 0 Å². The fraction of sp³-hybridized carbons (Fsp3) is 0.167. The molecule has 3 rings (SSSR count). The van der Waals surface area contributed by atoms with Gasteiger partial charge in [-0.1, -0.05) is 0 Å². The molecule has 0 saturated heterocycles. The molecule has 0 radical (unpaired) electrons. The zero-order chi connectivity index (χ0) is 11.8. The molecular formula is C12H10BrNS3. The number of nitrogens with two attached hydrogens (primary N) is 1. The van der Waals surface area contributed by atoms with Gasteiger partial charge in [-0.15, -0.1) is 34.0 Å². The van der Waals surface area contributed by atoms with Crippen LogP contribution in [0.5, 0.6) is 0 Å². The smallest absolute Gasteiger partial charge is 0.0701 e. The van der Waals surface area contributed by atoms with Crippen LogP contribution in [0.4, 0.5) is 0 Å². The number of hydrogen-bond donors (Lipinski definition) is 1. The van der Waals surface area contributed by atoms with Crippen molar-refractivity contribution >= 4 is 59.3 Å². The van der Waals surface area contributed by atoms with Crippen molar-refractivity contribution in [2.75, 3.05) is 0 Å². The number of fused-ring (bicyclic) bond motifs is 1. The van der Waals surface area contributed by atoms with Crippen molar-refractivity contribution in [1.82, 2.24) is 0 Å². The predicted octanol–water partition coefficient (Wildman–Crippen LogP) is 5.03. The van der Waals surface area contributed by atoms with Crippen molar-refractivity contribution in [3.05, 3.63) is 43.2 Å². The minimum Gasteiger partial charge on any atom is -0.323 e. The van der Waals surface area contributed by atoms with Gasteiger partial charge >= 0.3 is 0 Å². The monoisotopic (exact) mass is 343 g/mol. The Morgan fingerprint density at radius 1 is 1.18 bits per heavy atom. The molecule has 0 saturated carbocycles. The molecule has 5 heteroatoms. The van der Waals surface area contributed by atoms with Crippen molar-refractivity contribution in [3.8, 4) is 0 Å². The Labute approximate surface area is 120 Å². The van der Waals surface area contributed by atoms with Crippen LogP contribution in [0.25, 0.3) is 9.40 Å². The Morgan fingerprint density at radius 2 is 2.06 bits per heavy atom. The lowest BCUT2D eigenvalue weighted by Gasteiger charge is -2.06. The van der Waals surface area contributed by atoms with Gasteiger partial charge in [0.1, 0.15) is 0 Å². The highest BCUT2D eigenvalue weighted by molar-refractivity contribution is 9.11. The normalized spacial score (nSPS) is 13.3. The van der Waals surface area contributed by atoms with Gasteiger partial charge in [-0.05, 0) is 45.6 Å². The number of rotatable bonds is 3. The third kappa shape index (κ3) is 2.48. The molecule has 1 atom stereocenters. The first-order valence-corrected chi connectivity index (χ1v) is 8.49. The number of halogens is 1. The van der Waals surface area contributed by atoms with Crippen LogP contribution in [-0.4, -0.2) is 0 Å². The Hall–Kier alpha value is -0.200. The van der Waals surface area contributed by atoms with Crippen molar-refractivity contribution in [1.29, 1.82) is 0 Å². The number of thiophene rings is 3. The van der Waals surface area contributed by atoms with Gasteiger partial charge in [0.25, 0.3) is 0 Å². The van der Waals surface area contributed by atoms with Gasteiger partial charge in [0.05, 0.1) is 3.79 Å². The summed E-state index contributed by atoms with van der Waals surface area (Å²) in [5, 5.41) is 2.13. The molecule has 0 aliphatic carbocycles. The fourth-order valence-corrected chi connectivity index (χ4v) is 5.41. The van der Waals surface area contributed by atoms with E-state index in [4.69, 9.17) is 5.73 Å². The van der Waals surface area contributed by atoms with Gasteiger partial charge in [0.2, 0.25) is 0 Å². The van der Waals surface area contributed by atoms with Gasteiger partial charge in [-0.3, -0.25) is 0 Å². The average Bonchev–Trinajstić information content (AvgIpc) is 2.92. The highest BCUT2D eigenvalue weighted by atomic mass is 79.9. The van der Waals surface area contributed by atoms with Crippen LogP contribution in [0.2, 0.25) is 0 Å². The molecule has 0 amide bonds. The van der Waals surface area contributed by atoms with Gasteiger partial charge in [-0.25, -0.2) is 0 Å². The summed E-state index contributed by atoms with van der Waals surface area (Å²) >= 11 is 8.85. The second kappa shape index (κ2) is 4.82. The lowest BCUT2D eigenvalue weighted by atomic mass is 10.1. The van der Waals surface area contributed by atoms with Gasteiger partial charge in [-0.2, -0.15) is 0 Å². The lowest BCUT2D eigenvalue weighted by Crippen LogP contribution is -2.10. The summed E-state index contributed by atoms with van der Waals surface area (Å²) in [6.45, 7) is 0. The molecule has 1 nitrogen and oxygen atoms in total. The maximum absolute atomic E-state index is 6.27. The van der Waals surface area contributed by atoms with E-state index in [-0.39, 0.29) is 6.04 Å². The molecule has 3 aromatic rings. The Balaban J connectivity index is 1.82. The van der Waals surface area contributed by atoms with Crippen molar-refractivity contribution in [2.24, 2.45) is 5.73 Å². The highest BCUT2D eigenvalue weighted by Gasteiger charge is 2.12. The molecular weight excluding hydrogens is 334 g/mol. The fourth-order valence-electron chi connectivity index (χ4n) is 1.75. The van der Waals surface area contributed by atoms with Crippen LogP contribution in [0, 0.1) is 0 Å². The lowest BCUT2D eigenvalue weighted by molar-refractivity contribution is 0.746. The van der Waals surface area contributed by atoms with E-state index in [0.717, 1.165) is 6.42 Å². The summed E-state index contributed by atoms with van der Waals surface area (Å²) in [6, 6.07) is 8.75. The van der Waals surface area contributed by atoms with E-state index in [1.807, 2.05) is 11.3 Å². The van der Waals surface area contributed by atoms with Crippen molar-refractivity contribution in [3.63, 3.8) is 0 Å². The first-order chi connectivity index (χ1) is 8.22. The second-order valence-electron chi connectivity index (χ2n) is 3.81. The molecule has 1 unspecified atom stereocenters. The summed E-state index contributed by atoms with van der Waals surface area (Å²) in [6.07, 6.45) is 0.921.